The molecular formula is C51H34N4. The molecule has 258 valence electrons. The lowest BCUT2D eigenvalue weighted by Gasteiger charge is -2.24. The van der Waals surface area contributed by atoms with Crippen LogP contribution < -0.4 is 0 Å². The van der Waals surface area contributed by atoms with E-state index >= 15 is 0 Å². The summed E-state index contributed by atoms with van der Waals surface area (Å²) in [6.07, 6.45) is 0. The van der Waals surface area contributed by atoms with Gasteiger partial charge in [-0.1, -0.05) is 129 Å². The van der Waals surface area contributed by atoms with Crippen molar-refractivity contribution < 1.29 is 0 Å². The van der Waals surface area contributed by atoms with Crippen molar-refractivity contribution in [1.82, 2.24) is 19.1 Å². The van der Waals surface area contributed by atoms with Crippen LogP contribution >= 0.6 is 0 Å². The van der Waals surface area contributed by atoms with E-state index in [0.29, 0.717) is 0 Å². The van der Waals surface area contributed by atoms with Gasteiger partial charge in [0.2, 0.25) is 0 Å². The largest absolute Gasteiger partial charge is 0.309 e. The van der Waals surface area contributed by atoms with Crippen molar-refractivity contribution >= 4 is 65.4 Å². The predicted molar refractivity (Wildman–Crippen MR) is 229 cm³/mol. The molecule has 0 N–H and O–H groups in total. The predicted octanol–water partition coefficient (Wildman–Crippen LogP) is 13.0. The van der Waals surface area contributed by atoms with Crippen LogP contribution in [0, 0.1) is 0 Å². The van der Waals surface area contributed by atoms with E-state index in [0.717, 1.165) is 44.8 Å². The Kier molecular flexibility index (Phi) is 6.09. The first-order valence-electron chi connectivity index (χ1n) is 19.0. The van der Waals surface area contributed by atoms with Crippen LogP contribution in [0.15, 0.2) is 170 Å². The van der Waals surface area contributed by atoms with Gasteiger partial charge in [-0.3, -0.25) is 4.57 Å². The van der Waals surface area contributed by atoms with Crippen molar-refractivity contribution in [2.75, 3.05) is 0 Å². The van der Waals surface area contributed by atoms with Crippen LogP contribution in [0.4, 0.5) is 0 Å². The molecule has 0 spiro atoms. The Bertz CT molecular complexity index is 3400. The minimum absolute atomic E-state index is 0.207. The number of hydrogen-bond donors (Lipinski definition) is 0. The molecule has 0 atom stereocenters. The lowest BCUT2D eigenvalue weighted by Crippen LogP contribution is -2.16. The molecule has 0 bridgehead atoms. The van der Waals surface area contributed by atoms with Crippen molar-refractivity contribution in [2.24, 2.45) is 0 Å². The van der Waals surface area contributed by atoms with Gasteiger partial charge in [-0.25, -0.2) is 9.97 Å². The molecule has 0 amide bonds. The van der Waals surface area contributed by atoms with Crippen molar-refractivity contribution in [3.63, 3.8) is 0 Å². The number of aromatic nitrogens is 4. The number of para-hydroxylation sites is 3. The quantitative estimate of drug-likeness (QED) is 0.184. The highest BCUT2D eigenvalue weighted by Gasteiger charge is 2.40. The molecule has 0 aliphatic heterocycles. The lowest BCUT2D eigenvalue weighted by atomic mass is 9.80. The summed E-state index contributed by atoms with van der Waals surface area (Å²) in [5, 5.41) is 7.57. The highest BCUT2D eigenvalue weighted by molar-refractivity contribution is 6.27. The second-order valence-corrected chi connectivity index (χ2v) is 15.4. The van der Waals surface area contributed by atoms with Crippen LogP contribution in [-0.2, 0) is 5.41 Å². The van der Waals surface area contributed by atoms with Crippen molar-refractivity contribution in [3.8, 4) is 33.9 Å². The van der Waals surface area contributed by atoms with Crippen LogP contribution in [0.2, 0.25) is 0 Å². The van der Waals surface area contributed by atoms with Crippen molar-refractivity contribution in [2.45, 2.75) is 19.3 Å². The lowest BCUT2D eigenvalue weighted by molar-refractivity contribution is 0.664. The van der Waals surface area contributed by atoms with Crippen molar-refractivity contribution in [3.05, 3.63) is 181 Å². The summed E-state index contributed by atoms with van der Waals surface area (Å²) in [6, 6.07) is 61.2. The van der Waals surface area contributed by atoms with Gasteiger partial charge in [-0.15, -0.1) is 0 Å². The Morgan fingerprint density at radius 1 is 0.473 bits per heavy atom. The van der Waals surface area contributed by atoms with E-state index in [4.69, 9.17) is 9.97 Å². The molecule has 7 aromatic carbocycles. The highest BCUT2D eigenvalue weighted by Crippen LogP contribution is 2.56. The summed E-state index contributed by atoms with van der Waals surface area (Å²) < 4.78 is 4.77. The van der Waals surface area contributed by atoms with Crippen LogP contribution in [0.5, 0.6) is 0 Å². The zero-order valence-electron chi connectivity index (χ0n) is 30.5. The average Bonchev–Trinajstić information content (AvgIpc) is 3.84. The first-order chi connectivity index (χ1) is 27.1. The van der Waals surface area contributed by atoms with E-state index in [9.17, 15) is 0 Å². The van der Waals surface area contributed by atoms with Gasteiger partial charge in [-0.05, 0) is 87.6 Å². The SMILES string of the molecule is CC1(C)c2ccccc2-c2c1c1c(c3ccccc23)c2ccccc2n1-c1ccc2nc(-c3ccc4c5ccccc5n(-c5ccccc5)c4c3)ccc2n1. The fraction of sp³-hybridized carbons (Fsp3) is 0.0588. The van der Waals surface area contributed by atoms with E-state index in [1.165, 1.54) is 65.6 Å². The Balaban J connectivity index is 1.07. The minimum atomic E-state index is -0.207. The Morgan fingerprint density at radius 3 is 1.95 bits per heavy atom. The summed E-state index contributed by atoms with van der Waals surface area (Å²) in [4.78, 5) is 10.6. The van der Waals surface area contributed by atoms with Gasteiger partial charge in [0.1, 0.15) is 5.82 Å². The fourth-order valence-corrected chi connectivity index (χ4v) is 9.70. The smallest absolute Gasteiger partial charge is 0.138 e. The molecule has 0 unspecified atom stereocenters. The molecule has 0 fully saturated rings. The Labute approximate surface area is 317 Å². The monoisotopic (exact) mass is 702 g/mol. The highest BCUT2D eigenvalue weighted by atomic mass is 15.1. The number of nitrogens with zero attached hydrogens (tertiary/aromatic N) is 4. The van der Waals surface area contributed by atoms with Crippen molar-refractivity contribution in [1.29, 1.82) is 0 Å². The molecule has 4 aromatic heterocycles. The number of pyridine rings is 2. The zero-order valence-corrected chi connectivity index (χ0v) is 30.5. The number of rotatable bonds is 3. The fourth-order valence-electron chi connectivity index (χ4n) is 9.70. The maximum absolute atomic E-state index is 5.38. The zero-order chi connectivity index (χ0) is 36.4. The summed E-state index contributed by atoms with van der Waals surface area (Å²) >= 11 is 0. The normalized spacial score (nSPS) is 13.4. The molecule has 12 rings (SSSR count). The summed E-state index contributed by atoms with van der Waals surface area (Å²) in [5.74, 6) is 0.895. The molecule has 4 heteroatoms. The van der Waals surface area contributed by atoms with Crippen LogP contribution in [-0.4, -0.2) is 19.1 Å². The maximum Gasteiger partial charge on any atom is 0.138 e. The minimum Gasteiger partial charge on any atom is -0.309 e. The molecule has 4 nitrogen and oxygen atoms in total. The van der Waals surface area contributed by atoms with Crippen LogP contribution in [0.3, 0.4) is 0 Å². The van der Waals surface area contributed by atoms with Crippen LogP contribution in [0.25, 0.3) is 99.3 Å². The third kappa shape index (κ3) is 4.11. The van der Waals surface area contributed by atoms with E-state index in [1.54, 1.807) is 0 Å². The molecule has 55 heavy (non-hydrogen) atoms. The molecule has 0 saturated carbocycles. The topological polar surface area (TPSA) is 35.6 Å². The van der Waals surface area contributed by atoms with E-state index in [2.05, 4.69) is 193 Å². The molecule has 1 aliphatic carbocycles. The number of fused-ring (bicyclic) bond motifs is 14. The van der Waals surface area contributed by atoms with E-state index in [-0.39, 0.29) is 5.41 Å². The first-order valence-corrected chi connectivity index (χ1v) is 19.0. The number of benzene rings is 7. The van der Waals surface area contributed by atoms with Gasteiger partial charge in [0.15, 0.2) is 0 Å². The molecule has 11 aromatic rings. The summed E-state index contributed by atoms with van der Waals surface area (Å²) in [7, 11) is 0. The van der Waals surface area contributed by atoms with Gasteiger partial charge in [0.25, 0.3) is 0 Å². The van der Waals surface area contributed by atoms with Crippen LogP contribution in [0.1, 0.15) is 25.0 Å². The molecule has 0 saturated heterocycles. The summed E-state index contributed by atoms with van der Waals surface area (Å²) in [6.45, 7) is 4.76. The van der Waals surface area contributed by atoms with Gasteiger partial charge >= 0.3 is 0 Å². The average molecular weight is 703 g/mol. The van der Waals surface area contributed by atoms with E-state index < -0.39 is 0 Å². The Morgan fingerprint density at radius 2 is 1.11 bits per heavy atom. The van der Waals surface area contributed by atoms with Gasteiger partial charge in [-0.2, -0.15) is 0 Å². The molecule has 4 heterocycles. The summed E-state index contributed by atoms with van der Waals surface area (Å²) in [5.41, 5.74) is 14.8. The standard InChI is InChI=1S/C51H34N4/c1-51(2)39-21-11-8-19-37(39)47-35-17-6-7-18-36(35)48-38-20-10-13-23-44(38)55(50(48)49(47)51)46-29-28-41-42(53-46)27-26-40(52-41)31-24-25-34-33-16-9-12-22-43(33)54(45(34)30-31)32-14-4-3-5-15-32/h3-30H,1-2H3. The Hall–Kier alpha value is -7.04. The molecule has 1 aliphatic rings. The second kappa shape index (κ2) is 11.0. The maximum atomic E-state index is 5.38. The van der Waals surface area contributed by atoms with Gasteiger partial charge in [0, 0.05) is 38.2 Å². The van der Waals surface area contributed by atoms with E-state index in [1.807, 2.05) is 0 Å². The molecule has 0 radical (unpaired) electrons. The molecular weight excluding hydrogens is 669 g/mol. The number of hydrogen-bond acceptors (Lipinski definition) is 2. The van der Waals surface area contributed by atoms with Gasteiger partial charge in [0.05, 0.1) is 38.8 Å². The van der Waals surface area contributed by atoms with Gasteiger partial charge < -0.3 is 4.57 Å². The first kappa shape index (κ1) is 30.4. The third-order valence-electron chi connectivity index (χ3n) is 12.1. The third-order valence-corrected chi connectivity index (χ3v) is 12.1. The second-order valence-electron chi connectivity index (χ2n) is 15.4.